The van der Waals surface area contributed by atoms with Gasteiger partial charge < -0.3 is 25.1 Å². The van der Waals surface area contributed by atoms with Crippen molar-refractivity contribution in [2.24, 2.45) is 0 Å². The summed E-state index contributed by atoms with van der Waals surface area (Å²) in [5, 5.41) is 13.1. The van der Waals surface area contributed by atoms with Gasteiger partial charge in [0.05, 0.1) is 6.10 Å². The van der Waals surface area contributed by atoms with Crippen molar-refractivity contribution >= 4 is 17.8 Å². The van der Waals surface area contributed by atoms with Crippen molar-refractivity contribution in [3.05, 3.63) is 12.3 Å². The molecule has 27 heavy (non-hydrogen) atoms. The fraction of sp³-hybridized carbons (Fsp3) is 0.737. The van der Waals surface area contributed by atoms with Crippen molar-refractivity contribution in [3.8, 4) is 0 Å². The summed E-state index contributed by atoms with van der Waals surface area (Å²) in [5.41, 5.74) is 0. The molecule has 0 spiro atoms. The lowest BCUT2D eigenvalue weighted by Crippen LogP contribution is -2.47. The van der Waals surface area contributed by atoms with E-state index in [1.165, 1.54) is 0 Å². The Bertz CT molecular complexity index is 635. The van der Waals surface area contributed by atoms with Crippen molar-refractivity contribution in [1.82, 2.24) is 19.8 Å². The normalized spacial score (nSPS) is 22.3. The van der Waals surface area contributed by atoms with Crippen LogP contribution in [-0.4, -0.2) is 82.3 Å². The number of urea groups is 1. The van der Waals surface area contributed by atoms with E-state index in [1.807, 2.05) is 15.9 Å². The van der Waals surface area contributed by atoms with Crippen LogP contribution in [0.3, 0.4) is 0 Å². The third-order valence-corrected chi connectivity index (χ3v) is 5.90. The van der Waals surface area contributed by atoms with E-state index in [2.05, 4.69) is 20.2 Å². The lowest BCUT2D eigenvalue weighted by Gasteiger charge is -2.35. The first-order chi connectivity index (χ1) is 13.2. The van der Waals surface area contributed by atoms with Crippen LogP contribution in [-0.2, 0) is 0 Å². The Morgan fingerprint density at radius 2 is 1.67 bits per heavy atom. The summed E-state index contributed by atoms with van der Waals surface area (Å²) >= 11 is 0. The molecule has 4 rings (SSSR count). The molecule has 2 amide bonds. The second kappa shape index (κ2) is 8.29. The first kappa shape index (κ1) is 18.3. The van der Waals surface area contributed by atoms with Crippen LogP contribution in [0.2, 0.25) is 0 Å². The highest BCUT2D eigenvalue weighted by Gasteiger charge is 2.28. The summed E-state index contributed by atoms with van der Waals surface area (Å²) in [4.78, 5) is 27.7. The molecule has 0 bridgehead atoms. The van der Waals surface area contributed by atoms with Crippen LogP contribution in [0.25, 0.3) is 0 Å². The number of hydrogen-bond donors (Lipinski definition) is 2. The van der Waals surface area contributed by atoms with Crippen molar-refractivity contribution in [2.75, 3.05) is 49.5 Å². The van der Waals surface area contributed by atoms with E-state index in [4.69, 9.17) is 0 Å². The highest BCUT2D eigenvalue weighted by atomic mass is 16.3. The molecule has 0 atom stereocenters. The van der Waals surface area contributed by atoms with Gasteiger partial charge in [-0.2, -0.15) is 4.98 Å². The van der Waals surface area contributed by atoms with Crippen LogP contribution in [0.5, 0.6) is 0 Å². The van der Waals surface area contributed by atoms with E-state index in [9.17, 15) is 9.90 Å². The van der Waals surface area contributed by atoms with Gasteiger partial charge in [0.2, 0.25) is 5.95 Å². The molecule has 0 saturated carbocycles. The molecule has 148 valence electrons. The van der Waals surface area contributed by atoms with Gasteiger partial charge in [0.1, 0.15) is 5.82 Å². The lowest BCUT2D eigenvalue weighted by molar-refractivity contribution is 0.145. The smallest absolute Gasteiger partial charge is 0.319 e. The zero-order valence-electron chi connectivity index (χ0n) is 15.9. The van der Waals surface area contributed by atoms with Crippen LogP contribution in [0.1, 0.15) is 38.5 Å². The number of rotatable bonds is 3. The number of hydrogen-bond acceptors (Lipinski definition) is 6. The maximum Gasteiger partial charge on any atom is 0.319 e. The van der Waals surface area contributed by atoms with E-state index in [0.717, 1.165) is 83.6 Å². The Kier molecular flexibility index (Phi) is 5.61. The number of carbonyl (C=O) groups is 1. The fourth-order valence-corrected chi connectivity index (χ4v) is 4.20. The van der Waals surface area contributed by atoms with Crippen LogP contribution >= 0.6 is 0 Å². The summed E-state index contributed by atoms with van der Waals surface area (Å²) < 4.78 is 0. The van der Waals surface area contributed by atoms with Gasteiger partial charge >= 0.3 is 6.03 Å². The summed E-state index contributed by atoms with van der Waals surface area (Å²) in [7, 11) is 0. The zero-order chi connectivity index (χ0) is 18.6. The maximum atomic E-state index is 12.5. The van der Waals surface area contributed by atoms with Gasteiger partial charge in [0.25, 0.3) is 0 Å². The standard InChI is InChI=1S/C19H30N6O2/c26-16-6-13-23(14-7-16)17-3-8-20-18(22-17)21-15-4-11-25(12-5-15)19(27)24-9-1-2-10-24/h3,8,15-16,26H,1-2,4-7,9-14H2,(H,20,21,22). The third-order valence-electron chi connectivity index (χ3n) is 5.90. The Hall–Kier alpha value is -2.09. The second-order valence-corrected chi connectivity index (χ2v) is 7.84. The quantitative estimate of drug-likeness (QED) is 0.835. The van der Waals surface area contributed by atoms with Gasteiger partial charge in [-0.05, 0) is 44.6 Å². The second-order valence-electron chi connectivity index (χ2n) is 7.84. The largest absolute Gasteiger partial charge is 0.393 e. The number of aliphatic hydroxyl groups excluding tert-OH is 1. The molecular formula is C19H30N6O2. The van der Waals surface area contributed by atoms with Crippen LogP contribution in [0, 0.1) is 0 Å². The maximum absolute atomic E-state index is 12.5. The number of nitrogens with zero attached hydrogens (tertiary/aromatic N) is 5. The molecule has 3 aliphatic heterocycles. The summed E-state index contributed by atoms with van der Waals surface area (Å²) in [6, 6.07) is 2.43. The Morgan fingerprint density at radius 1 is 1.00 bits per heavy atom. The van der Waals surface area contributed by atoms with E-state index < -0.39 is 0 Å². The van der Waals surface area contributed by atoms with E-state index >= 15 is 0 Å². The van der Waals surface area contributed by atoms with Gasteiger partial charge in [0, 0.05) is 51.5 Å². The molecule has 0 aliphatic carbocycles. The monoisotopic (exact) mass is 374 g/mol. The van der Waals surface area contributed by atoms with Gasteiger partial charge in [-0.25, -0.2) is 9.78 Å². The van der Waals surface area contributed by atoms with Crippen molar-refractivity contribution in [3.63, 3.8) is 0 Å². The number of anilines is 2. The zero-order valence-corrected chi connectivity index (χ0v) is 15.9. The molecule has 2 N–H and O–H groups in total. The molecule has 0 aromatic carbocycles. The number of carbonyl (C=O) groups excluding carboxylic acids is 1. The average Bonchev–Trinajstić information content (AvgIpc) is 3.24. The molecule has 8 nitrogen and oxygen atoms in total. The van der Waals surface area contributed by atoms with Gasteiger partial charge in [0.15, 0.2) is 0 Å². The molecule has 3 saturated heterocycles. The topological polar surface area (TPSA) is 84.8 Å². The van der Waals surface area contributed by atoms with Crippen molar-refractivity contribution in [2.45, 2.75) is 50.7 Å². The number of piperidine rings is 2. The predicted molar refractivity (Wildman–Crippen MR) is 104 cm³/mol. The SMILES string of the molecule is O=C(N1CCCC1)N1CCC(Nc2nccc(N3CCC(O)CC3)n2)CC1. The molecule has 3 fully saturated rings. The van der Waals surface area contributed by atoms with Gasteiger partial charge in [-0.1, -0.05) is 0 Å². The summed E-state index contributed by atoms with van der Waals surface area (Å²) in [6.07, 6.45) is 7.29. The van der Waals surface area contributed by atoms with Gasteiger partial charge in [-0.15, -0.1) is 0 Å². The summed E-state index contributed by atoms with van der Waals surface area (Å²) in [6.45, 7) is 5.05. The molecule has 4 heterocycles. The van der Waals surface area contributed by atoms with E-state index in [1.54, 1.807) is 6.20 Å². The molecular weight excluding hydrogens is 344 g/mol. The molecule has 3 aliphatic rings. The molecule has 8 heteroatoms. The molecule has 1 aromatic heterocycles. The number of aromatic nitrogens is 2. The minimum absolute atomic E-state index is 0.186. The van der Waals surface area contributed by atoms with Crippen LogP contribution in [0.15, 0.2) is 12.3 Å². The van der Waals surface area contributed by atoms with Crippen molar-refractivity contribution in [1.29, 1.82) is 0 Å². The van der Waals surface area contributed by atoms with E-state index in [-0.39, 0.29) is 12.1 Å². The van der Waals surface area contributed by atoms with Crippen LogP contribution in [0.4, 0.5) is 16.6 Å². The first-order valence-electron chi connectivity index (χ1n) is 10.3. The molecule has 1 aromatic rings. The van der Waals surface area contributed by atoms with E-state index in [0.29, 0.717) is 12.0 Å². The highest BCUT2D eigenvalue weighted by Crippen LogP contribution is 2.21. The predicted octanol–water partition coefficient (Wildman–Crippen LogP) is 1.53. The first-order valence-corrected chi connectivity index (χ1v) is 10.3. The molecule has 0 unspecified atom stereocenters. The Balaban J connectivity index is 1.29. The summed E-state index contributed by atoms with van der Waals surface area (Å²) in [5.74, 6) is 1.57. The third kappa shape index (κ3) is 4.43. The number of likely N-dealkylation sites (tertiary alicyclic amines) is 2. The number of nitrogens with one attached hydrogen (secondary N) is 1. The minimum Gasteiger partial charge on any atom is -0.393 e. The average molecular weight is 374 g/mol. The van der Waals surface area contributed by atoms with Crippen LogP contribution < -0.4 is 10.2 Å². The van der Waals surface area contributed by atoms with Crippen molar-refractivity contribution < 1.29 is 9.90 Å². The highest BCUT2D eigenvalue weighted by molar-refractivity contribution is 5.74. The minimum atomic E-state index is -0.186. The number of amides is 2. The Labute approximate surface area is 160 Å². The molecule has 0 radical (unpaired) electrons. The van der Waals surface area contributed by atoms with Gasteiger partial charge in [-0.3, -0.25) is 0 Å². The fourth-order valence-electron chi connectivity index (χ4n) is 4.20. The Morgan fingerprint density at radius 3 is 2.37 bits per heavy atom. The number of aliphatic hydroxyl groups is 1. The lowest BCUT2D eigenvalue weighted by atomic mass is 10.1.